The molecule has 1 aromatic carbocycles. The Morgan fingerprint density at radius 2 is 1.80 bits per heavy atom. The van der Waals surface area contributed by atoms with E-state index in [0.717, 1.165) is 25.1 Å². The van der Waals surface area contributed by atoms with Crippen LogP contribution < -0.4 is 10.6 Å². The first-order chi connectivity index (χ1) is 9.72. The normalized spacial score (nSPS) is 10.6. The van der Waals surface area contributed by atoms with E-state index in [1.54, 1.807) is 7.11 Å². The van der Waals surface area contributed by atoms with Gasteiger partial charge in [0.05, 0.1) is 6.61 Å². The van der Waals surface area contributed by atoms with Crippen molar-refractivity contribution >= 4 is 11.6 Å². The lowest BCUT2D eigenvalue weighted by molar-refractivity contribution is -0.116. The summed E-state index contributed by atoms with van der Waals surface area (Å²) < 4.78 is 4.94. The Morgan fingerprint density at radius 1 is 1.15 bits per heavy atom. The molecule has 1 amide bonds. The molecular formula is C16H26N2O2. The first-order valence-corrected chi connectivity index (χ1v) is 7.33. The van der Waals surface area contributed by atoms with Crippen LogP contribution in [0.25, 0.3) is 0 Å². The van der Waals surface area contributed by atoms with Gasteiger partial charge in [-0.15, -0.1) is 0 Å². The molecule has 4 nitrogen and oxygen atoms in total. The number of amides is 1. The summed E-state index contributed by atoms with van der Waals surface area (Å²) in [5.41, 5.74) is 3.40. The molecule has 0 saturated heterocycles. The predicted octanol–water partition coefficient (Wildman–Crippen LogP) is 2.38. The van der Waals surface area contributed by atoms with Gasteiger partial charge in [-0.05, 0) is 24.0 Å². The third-order valence-electron chi connectivity index (χ3n) is 3.28. The van der Waals surface area contributed by atoms with Gasteiger partial charge in [-0.2, -0.15) is 0 Å². The smallest absolute Gasteiger partial charge is 0.225 e. The number of ether oxygens (including phenoxy) is 1. The minimum absolute atomic E-state index is 0.0607. The van der Waals surface area contributed by atoms with E-state index in [9.17, 15) is 4.79 Å². The van der Waals surface area contributed by atoms with Crippen molar-refractivity contribution in [3.8, 4) is 0 Å². The van der Waals surface area contributed by atoms with Crippen LogP contribution in [0.4, 0.5) is 5.69 Å². The van der Waals surface area contributed by atoms with Gasteiger partial charge in [0.2, 0.25) is 5.91 Å². The second-order valence-electron chi connectivity index (χ2n) is 4.70. The fourth-order valence-electron chi connectivity index (χ4n) is 2.11. The summed E-state index contributed by atoms with van der Waals surface area (Å²) in [7, 11) is 1.67. The number of benzene rings is 1. The van der Waals surface area contributed by atoms with Gasteiger partial charge < -0.3 is 15.4 Å². The van der Waals surface area contributed by atoms with Gasteiger partial charge in [-0.25, -0.2) is 0 Å². The molecule has 0 aliphatic heterocycles. The summed E-state index contributed by atoms with van der Waals surface area (Å²) in [6.45, 7) is 6.33. The molecule has 4 heteroatoms. The van der Waals surface area contributed by atoms with Crippen LogP contribution in [0.2, 0.25) is 0 Å². The molecule has 0 aliphatic carbocycles. The molecule has 0 bridgehead atoms. The number of carbonyl (C=O) groups is 1. The molecule has 0 aliphatic rings. The zero-order valence-corrected chi connectivity index (χ0v) is 12.8. The number of aryl methyl sites for hydroxylation is 2. The maximum Gasteiger partial charge on any atom is 0.225 e. The lowest BCUT2D eigenvalue weighted by Gasteiger charge is -2.14. The van der Waals surface area contributed by atoms with E-state index in [2.05, 4.69) is 42.7 Å². The minimum Gasteiger partial charge on any atom is -0.383 e. The van der Waals surface area contributed by atoms with E-state index in [0.29, 0.717) is 19.6 Å². The average Bonchev–Trinajstić information content (AvgIpc) is 2.47. The Kier molecular flexibility index (Phi) is 7.92. The molecule has 0 fully saturated rings. The van der Waals surface area contributed by atoms with Crippen LogP contribution in [0.3, 0.4) is 0 Å². The van der Waals surface area contributed by atoms with Crippen molar-refractivity contribution in [2.45, 2.75) is 33.1 Å². The van der Waals surface area contributed by atoms with Crippen molar-refractivity contribution in [2.24, 2.45) is 0 Å². The Hall–Kier alpha value is -1.39. The van der Waals surface area contributed by atoms with Crippen LogP contribution in [0, 0.1) is 0 Å². The lowest BCUT2D eigenvalue weighted by atomic mass is 10.0. The first kappa shape index (κ1) is 16.7. The van der Waals surface area contributed by atoms with Gasteiger partial charge in [-0.1, -0.05) is 32.0 Å². The summed E-state index contributed by atoms with van der Waals surface area (Å²) in [4.78, 5) is 12.0. The summed E-state index contributed by atoms with van der Waals surface area (Å²) >= 11 is 0. The van der Waals surface area contributed by atoms with Crippen molar-refractivity contribution < 1.29 is 9.53 Å². The number of para-hydroxylation sites is 1. The van der Waals surface area contributed by atoms with Gasteiger partial charge in [0, 0.05) is 32.3 Å². The number of hydrogen-bond donors (Lipinski definition) is 2. The van der Waals surface area contributed by atoms with Crippen molar-refractivity contribution in [1.29, 1.82) is 0 Å². The summed E-state index contributed by atoms with van der Waals surface area (Å²) in [5.74, 6) is 0.0607. The molecular weight excluding hydrogens is 252 g/mol. The first-order valence-electron chi connectivity index (χ1n) is 7.33. The van der Waals surface area contributed by atoms with Crippen LogP contribution >= 0.6 is 0 Å². The maximum atomic E-state index is 12.0. The Morgan fingerprint density at radius 3 is 2.35 bits per heavy atom. The molecule has 20 heavy (non-hydrogen) atoms. The highest BCUT2D eigenvalue weighted by Crippen LogP contribution is 2.22. The van der Waals surface area contributed by atoms with Gasteiger partial charge in [0.15, 0.2) is 0 Å². The Balaban J connectivity index is 2.52. The standard InChI is InChI=1S/C16H26N2O2/c1-4-13-7-6-8-14(5-2)16(13)18-15(19)9-10-17-11-12-20-3/h6-8,17H,4-5,9-12H2,1-3H3,(H,18,19). The van der Waals surface area contributed by atoms with Crippen LogP contribution in [-0.4, -0.2) is 32.7 Å². The van der Waals surface area contributed by atoms with E-state index >= 15 is 0 Å². The highest BCUT2D eigenvalue weighted by molar-refractivity contribution is 5.92. The Labute approximate surface area is 121 Å². The highest BCUT2D eigenvalue weighted by atomic mass is 16.5. The largest absolute Gasteiger partial charge is 0.383 e. The zero-order chi connectivity index (χ0) is 14.8. The fourth-order valence-corrected chi connectivity index (χ4v) is 2.11. The molecule has 1 aromatic rings. The monoisotopic (exact) mass is 278 g/mol. The van der Waals surface area contributed by atoms with Crippen molar-refractivity contribution in [3.63, 3.8) is 0 Å². The van der Waals surface area contributed by atoms with Crippen LogP contribution in [-0.2, 0) is 22.4 Å². The van der Waals surface area contributed by atoms with Gasteiger partial charge in [0.1, 0.15) is 0 Å². The number of hydrogen-bond acceptors (Lipinski definition) is 3. The van der Waals surface area contributed by atoms with Crippen molar-refractivity contribution in [2.75, 3.05) is 32.1 Å². The third kappa shape index (κ3) is 5.31. The van der Waals surface area contributed by atoms with E-state index in [1.807, 2.05) is 0 Å². The molecule has 2 N–H and O–H groups in total. The molecule has 1 rings (SSSR count). The van der Waals surface area contributed by atoms with Crippen LogP contribution in [0.5, 0.6) is 0 Å². The number of carbonyl (C=O) groups excluding carboxylic acids is 1. The summed E-state index contributed by atoms with van der Waals surface area (Å²) in [5, 5.41) is 6.24. The summed E-state index contributed by atoms with van der Waals surface area (Å²) in [6, 6.07) is 6.21. The molecule has 0 spiro atoms. The summed E-state index contributed by atoms with van der Waals surface area (Å²) in [6.07, 6.45) is 2.33. The van der Waals surface area contributed by atoms with Crippen LogP contribution in [0.15, 0.2) is 18.2 Å². The van der Waals surface area contributed by atoms with Gasteiger partial charge in [0.25, 0.3) is 0 Å². The predicted molar refractivity (Wildman–Crippen MR) is 83.2 cm³/mol. The highest BCUT2D eigenvalue weighted by Gasteiger charge is 2.09. The molecule has 0 heterocycles. The van der Waals surface area contributed by atoms with E-state index in [1.165, 1.54) is 11.1 Å². The lowest BCUT2D eigenvalue weighted by Crippen LogP contribution is -2.25. The maximum absolute atomic E-state index is 12.0. The SMILES string of the molecule is CCc1cccc(CC)c1NC(=O)CCNCCOC. The van der Waals surface area contributed by atoms with E-state index in [4.69, 9.17) is 4.74 Å². The zero-order valence-electron chi connectivity index (χ0n) is 12.8. The second-order valence-corrected chi connectivity index (χ2v) is 4.70. The van der Waals surface area contributed by atoms with Gasteiger partial charge >= 0.3 is 0 Å². The van der Waals surface area contributed by atoms with Crippen molar-refractivity contribution in [3.05, 3.63) is 29.3 Å². The number of nitrogens with one attached hydrogen (secondary N) is 2. The molecule has 0 saturated carbocycles. The van der Waals surface area contributed by atoms with E-state index in [-0.39, 0.29) is 5.91 Å². The van der Waals surface area contributed by atoms with Crippen molar-refractivity contribution in [1.82, 2.24) is 5.32 Å². The molecule has 0 aromatic heterocycles. The quantitative estimate of drug-likeness (QED) is 0.682. The molecule has 0 radical (unpaired) electrons. The molecule has 0 unspecified atom stereocenters. The fraction of sp³-hybridized carbons (Fsp3) is 0.562. The van der Waals surface area contributed by atoms with Gasteiger partial charge in [-0.3, -0.25) is 4.79 Å². The third-order valence-corrected chi connectivity index (χ3v) is 3.28. The number of rotatable bonds is 9. The van der Waals surface area contributed by atoms with Crippen LogP contribution in [0.1, 0.15) is 31.4 Å². The Bertz CT molecular complexity index is 397. The number of anilines is 1. The molecule has 0 atom stereocenters. The average molecular weight is 278 g/mol. The minimum atomic E-state index is 0.0607. The molecule has 112 valence electrons. The number of methoxy groups -OCH3 is 1. The van der Waals surface area contributed by atoms with E-state index < -0.39 is 0 Å². The second kappa shape index (κ2) is 9.50. The topological polar surface area (TPSA) is 50.4 Å².